The average Bonchev–Trinajstić information content (AvgIpc) is 2.90. The van der Waals surface area contributed by atoms with E-state index in [0.717, 1.165) is 0 Å². The summed E-state index contributed by atoms with van der Waals surface area (Å²) in [5, 5.41) is 4.26. The molecule has 2 N–H and O–H groups in total. The number of aromatic nitrogens is 2. The zero-order valence-electron chi connectivity index (χ0n) is 11.2. The van der Waals surface area contributed by atoms with Crippen molar-refractivity contribution in [1.82, 2.24) is 20.6 Å². The summed E-state index contributed by atoms with van der Waals surface area (Å²) in [6, 6.07) is 6.79. The van der Waals surface area contributed by atoms with Gasteiger partial charge in [0, 0.05) is 13.2 Å². The zero-order chi connectivity index (χ0) is 15.2. The molecule has 0 aliphatic rings. The van der Waals surface area contributed by atoms with Crippen LogP contribution in [-0.4, -0.2) is 28.2 Å². The van der Waals surface area contributed by atoms with Gasteiger partial charge in [0.15, 0.2) is 6.61 Å². The number of para-hydroxylation sites is 1. The lowest BCUT2D eigenvalue weighted by Gasteiger charge is -2.09. The number of nitrogens with zero attached hydrogens (tertiary/aromatic N) is 2. The predicted octanol–water partition coefficient (Wildman–Crippen LogP) is 0.914. The largest absolute Gasteiger partial charge is 0.482 e. The summed E-state index contributed by atoms with van der Waals surface area (Å²) in [7, 11) is 1.69. The number of carbonyl (C=O) groups excluding carboxylic acids is 2. The van der Waals surface area contributed by atoms with Crippen LogP contribution in [0.3, 0.4) is 0 Å². The third-order valence-corrected chi connectivity index (χ3v) is 2.79. The zero-order valence-corrected chi connectivity index (χ0v) is 11.9. The Morgan fingerprint density at radius 2 is 2.10 bits per heavy atom. The van der Waals surface area contributed by atoms with Crippen LogP contribution in [-0.2, 0) is 11.8 Å². The van der Waals surface area contributed by atoms with Crippen LogP contribution in [0.4, 0.5) is 0 Å². The Hall–Kier alpha value is -2.54. The number of aryl methyl sites for hydroxylation is 1. The highest BCUT2D eigenvalue weighted by Gasteiger charge is 2.10. The second-order valence-corrected chi connectivity index (χ2v) is 4.53. The molecule has 0 saturated heterocycles. The Labute approximate surface area is 125 Å². The van der Waals surface area contributed by atoms with Gasteiger partial charge in [-0.3, -0.25) is 25.1 Å². The lowest BCUT2D eigenvalue weighted by atomic mass is 10.3. The number of hydrazine groups is 1. The Balaban J connectivity index is 1.78. The fourth-order valence-corrected chi connectivity index (χ4v) is 1.67. The molecule has 0 radical (unpaired) electrons. The van der Waals surface area contributed by atoms with E-state index in [-0.39, 0.29) is 6.61 Å². The molecule has 0 unspecified atom stereocenters. The first-order chi connectivity index (χ1) is 10.1. The summed E-state index contributed by atoms with van der Waals surface area (Å²) in [6.45, 7) is -0.267. The van der Waals surface area contributed by atoms with Crippen LogP contribution in [0.5, 0.6) is 5.75 Å². The summed E-state index contributed by atoms with van der Waals surface area (Å²) in [5.74, 6) is -0.575. The molecule has 0 aliphatic heterocycles. The molecule has 0 fully saturated rings. The Morgan fingerprint density at radius 1 is 1.33 bits per heavy atom. The van der Waals surface area contributed by atoms with E-state index in [0.29, 0.717) is 16.3 Å². The highest BCUT2D eigenvalue weighted by atomic mass is 35.5. The molecule has 0 spiro atoms. The molecule has 1 aromatic heterocycles. The van der Waals surface area contributed by atoms with Crippen molar-refractivity contribution in [3.63, 3.8) is 0 Å². The fourth-order valence-electron chi connectivity index (χ4n) is 1.48. The van der Waals surface area contributed by atoms with Gasteiger partial charge in [-0.05, 0) is 12.1 Å². The molecular weight excluding hydrogens is 296 g/mol. The second-order valence-electron chi connectivity index (χ2n) is 4.12. The van der Waals surface area contributed by atoms with Gasteiger partial charge in [0.25, 0.3) is 11.8 Å². The van der Waals surface area contributed by atoms with Crippen molar-refractivity contribution >= 4 is 23.4 Å². The molecule has 0 atom stereocenters. The fraction of sp³-hybridized carbons (Fsp3) is 0.154. The number of amides is 2. The molecule has 21 heavy (non-hydrogen) atoms. The SMILES string of the molecule is Cn1cc(C(=O)NNC(=O)COc2ccccc2Cl)cn1. The maximum Gasteiger partial charge on any atom is 0.276 e. The number of halogens is 1. The number of carbonyl (C=O) groups is 2. The molecule has 2 rings (SSSR count). The predicted molar refractivity (Wildman–Crippen MR) is 75.8 cm³/mol. The lowest BCUT2D eigenvalue weighted by molar-refractivity contribution is -0.123. The van der Waals surface area contributed by atoms with Crippen LogP contribution in [0.25, 0.3) is 0 Å². The molecule has 1 heterocycles. The number of hydrogen-bond donors (Lipinski definition) is 2. The normalized spacial score (nSPS) is 10.0. The number of nitrogens with one attached hydrogen (secondary N) is 2. The van der Waals surface area contributed by atoms with Gasteiger partial charge in [-0.1, -0.05) is 23.7 Å². The van der Waals surface area contributed by atoms with E-state index >= 15 is 0 Å². The standard InChI is InChI=1S/C13H13ClN4O3/c1-18-7-9(6-15-18)13(20)17-16-12(19)8-21-11-5-3-2-4-10(11)14/h2-7H,8H2,1H3,(H,16,19)(H,17,20). The molecule has 0 aliphatic carbocycles. The van der Waals surface area contributed by atoms with Crippen molar-refractivity contribution in [2.24, 2.45) is 7.05 Å². The molecule has 2 amide bonds. The first-order valence-electron chi connectivity index (χ1n) is 6.01. The summed E-state index contributed by atoms with van der Waals surface area (Å²) < 4.78 is 6.71. The van der Waals surface area contributed by atoms with Crippen molar-refractivity contribution < 1.29 is 14.3 Å². The van der Waals surface area contributed by atoms with Crippen LogP contribution in [0.2, 0.25) is 5.02 Å². The van der Waals surface area contributed by atoms with Crippen molar-refractivity contribution in [2.45, 2.75) is 0 Å². The van der Waals surface area contributed by atoms with Gasteiger partial charge in [0.05, 0.1) is 16.8 Å². The average molecular weight is 309 g/mol. The lowest BCUT2D eigenvalue weighted by Crippen LogP contribution is -2.43. The molecule has 110 valence electrons. The molecule has 8 heteroatoms. The number of ether oxygens (including phenoxy) is 1. The second kappa shape index (κ2) is 6.76. The topological polar surface area (TPSA) is 85.2 Å². The van der Waals surface area contributed by atoms with Crippen LogP contribution in [0.15, 0.2) is 36.7 Å². The van der Waals surface area contributed by atoms with Crippen molar-refractivity contribution in [1.29, 1.82) is 0 Å². The number of hydrogen-bond acceptors (Lipinski definition) is 4. The third-order valence-electron chi connectivity index (χ3n) is 2.48. The van der Waals surface area contributed by atoms with Crippen molar-refractivity contribution in [3.05, 3.63) is 47.2 Å². The van der Waals surface area contributed by atoms with Gasteiger partial charge in [-0.25, -0.2) is 0 Å². The molecule has 1 aromatic carbocycles. The van der Waals surface area contributed by atoms with Gasteiger partial charge < -0.3 is 4.74 Å². The molecule has 7 nitrogen and oxygen atoms in total. The van der Waals surface area contributed by atoms with Gasteiger partial charge in [0.2, 0.25) is 0 Å². The van der Waals surface area contributed by atoms with E-state index in [1.165, 1.54) is 17.1 Å². The smallest absolute Gasteiger partial charge is 0.276 e. The van der Waals surface area contributed by atoms with Crippen molar-refractivity contribution in [3.8, 4) is 5.75 Å². The summed E-state index contributed by atoms with van der Waals surface area (Å²) in [6.07, 6.45) is 2.92. The Bertz CT molecular complexity index is 656. The maximum atomic E-state index is 11.6. The maximum absolute atomic E-state index is 11.6. The highest BCUT2D eigenvalue weighted by Crippen LogP contribution is 2.22. The van der Waals surface area contributed by atoms with Crippen LogP contribution < -0.4 is 15.6 Å². The van der Waals surface area contributed by atoms with E-state index in [1.54, 1.807) is 31.3 Å². The minimum absolute atomic E-state index is 0.267. The third kappa shape index (κ3) is 4.22. The molecular formula is C13H13ClN4O3. The number of rotatable bonds is 4. The Kier molecular flexibility index (Phi) is 4.78. The molecule has 0 saturated carbocycles. The summed E-state index contributed by atoms with van der Waals surface area (Å²) in [4.78, 5) is 23.2. The highest BCUT2D eigenvalue weighted by molar-refractivity contribution is 6.32. The minimum Gasteiger partial charge on any atom is -0.482 e. The van der Waals surface area contributed by atoms with Crippen LogP contribution >= 0.6 is 11.6 Å². The van der Waals surface area contributed by atoms with Crippen LogP contribution in [0, 0.1) is 0 Å². The Morgan fingerprint density at radius 3 is 2.76 bits per heavy atom. The van der Waals surface area contributed by atoms with Crippen LogP contribution in [0.1, 0.15) is 10.4 Å². The monoisotopic (exact) mass is 308 g/mol. The first-order valence-corrected chi connectivity index (χ1v) is 6.39. The van der Waals surface area contributed by atoms with E-state index in [4.69, 9.17) is 16.3 Å². The van der Waals surface area contributed by atoms with E-state index in [1.807, 2.05) is 0 Å². The van der Waals surface area contributed by atoms with Gasteiger partial charge in [-0.2, -0.15) is 5.10 Å². The van der Waals surface area contributed by atoms with Gasteiger partial charge >= 0.3 is 0 Å². The van der Waals surface area contributed by atoms with Crippen molar-refractivity contribution in [2.75, 3.05) is 6.61 Å². The van der Waals surface area contributed by atoms with E-state index in [2.05, 4.69) is 16.0 Å². The van der Waals surface area contributed by atoms with Gasteiger partial charge in [-0.15, -0.1) is 0 Å². The minimum atomic E-state index is -0.507. The van der Waals surface area contributed by atoms with E-state index < -0.39 is 11.8 Å². The quantitative estimate of drug-likeness (QED) is 0.822. The van der Waals surface area contributed by atoms with Gasteiger partial charge in [0.1, 0.15) is 5.75 Å². The molecule has 0 bridgehead atoms. The summed E-state index contributed by atoms with van der Waals surface area (Å²) >= 11 is 5.88. The van der Waals surface area contributed by atoms with E-state index in [9.17, 15) is 9.59 Å². The first kappa shape index (κ1) is 14.9. The number of benzene rings is 1. The molecule has 2 aromatic rings. The summed E-state index contributed by atoms with van der Waals surface area (Å²) in [5.41, 5.74) is 4.83.